The molecule has 0 aromatic carbocycles. The van der Waals surface area contributed by atoms with E-state index in [0.29, 0.717) is 13.0 Å². The molecule has 3 heteroatoms. The summed E-state index contributed by atoms with van der Waals surface area (Å²) in [5, 5.41) is 0. The molecule has 0 N–H and O–H groups in total. The summed E-state index contributed by atoms with van der Waals surface area (Å²) in [5.74, 6) is -0.458. The topological polar surface area (TPSA) is 37.4 Å². The zero-order chi connectivity index (χ0) is 22.7. The standard InChI is InChI=1S/C28H51NO2/c1-4-6-8-9-10-11-12-13-14-15-16-17-18-20-21-25(3)26(22-19-7-5-2)29-24-23-27(30)28(29)31/h21,26H,4-20,22-24H2,1-3H3. The maximum absolute atomic E-state index is 12.2. The average molecular weight is 434 g/mol. The van der Waals surface area contributed by atoms with Gasteiger partial charge in [0.05, 0.1) is 6.04 Å². The minimum absolute atomic E-state index is 0.132. The quantitative estimate of drug-likeness (QED) is 0.110. The molecule has 1 unspecified atom stereocenters. The number of hydrogen-bond donors (Lipinski definition) is 0. The van der Waals surface area contributed by atoms with Crippen LogP contribution in [-0.4, -0.2) is 29.2 Å². The highest BCUT2D eigenvalue weighted by atomic mass is 16.2. The first kappa shape index (κ1) is 27.9. The Morgan fingerprint density at radius 3 is 1.74 bits per heavy atom. The largest absolute Gasteiger partial charge is 0.329 e. The fraction of sp³-hybridized carbons (Fsp3) is 0.857. The number of rotatable bonds is 20. The number of likely N-dealkylation sites (tertiary alicyclic amines) is 1. The number of Topliss-reactive ketones (excluding diaryl/α,β-unsaturated/α-hetero) is 1. The fourth-order valence-electron chi connectivity index (χ4n) is 4.73. The molecule has 1 amide bonds. The molecule has 180 valence electrons. The molecule has 1 atom stereocenters. The Morgan fingerprint density at radius 2 is 1.26 bits per heavy atom. The molecule has 1 aliphatic heterocycles. The molecular weight excluding hydrogens is 382 g/mol. The Morgan fingerprint density at radius 1 is 0.774 bits per heavy atom. The second kappa shape index (κ2) is 18.5. The summed E-state index contributed by atoms with van der Waals surface area (Å²) in [5.41, 5.74) is 1.29. The second-order valence-electron chi connectivity index (χ2n) is 9.66. The van der Waals surface area contributed by atoms with Gasteiger partial charge in [-0.1, -0.05) is 122 Å². The maximum atomic E-state index is 12.2. The highest BCUT2D eigenvalue weighted by Crippen LogP contribution is 2.23. The van der Waals surface area contributed by atoms with Crippen molar-refractivity contribution in [3.8, 4) is 0 Å². The predicted octanol–water partition coefficient (Wildman–Crippen LogP) is 8.16. The molecule has 1 heterocycles. The molecule has 1 rings (SSSR count). The van der Waals surface area contributed by atoms with E-state index in [1.807, 2.05) is 4.90 Å². The van der Waals surface area contributed by atoms with Crippen molar-refractivity contribution >= 4 is 11.7 Å². The summed E-state index contributed by atoms with van der Waals surface area (Å²) < 4.78 is 0. The van der Waals surface area contributed by atoms with Crippen LogP contribution < -0.4 is 0 Å². The second-order valence-corrected chi connectivity index (χ2v) is 9.66. The van der Waals surface area contributed by atoms with Gasteiger partial charge in [0.1, 0.15) is 0 Å². The van der Waals surface area contributed by atoms with Crippen LogP contribution >= 0.6 is 0 Å². The van der Waals surface area contributed by atoms with Crippen molar-refractivity contribution in [3.05, 3.63) is 11.6 Å². The van der Waals surface area contributed by atoms with Crippen molar-refractivity contribution < 1.29 is 9.59 Å². The summed E-state index contributed by atoms with van der Waals surface area (Å²) >= 11 is 0. The molecule has 31 heavy (non-hydrogen) atoms. The summed E-state index contributed by atoms with van der Waals surface area (Å²) in [6.45, 7) is 7.26. The van der Waals surface area contributed by atoms with Crippen molar-refractivity contribution in [1.29, 1.82) is 0 Å². The van der Waals surface area contributed by atoms with E-state index in [-0.39, 0.29) is 17.7 Å². The number of amides is 1. The zero-order valence-electron chi connectivity index (χ0n) is 21.1. The van der Waals surface area contributed by atoms with Gasteiger partial charge in [0, 0.05) is 13.0 Å². The van der Waals surface area contributed by atoms with Crippen LogP contribution in [0.4, 0.5) is 0 Å². The first-order chi connectivity index (χ1) is 15.1. The Labute approximate surface area is 193 Å². The van der Waals surface area contributed by atoms with E-state index in [1.165, 1.54) is 102 Å². The summed E-state index contributed by atoms with van der Waals surface area (Å²) in [6.07, 6.45) is 26.3. The molecule has 0 aromatic heterocycles. The van der Waals surface area contributed by atoms with E-state index in [0.717, 1.165) is 19.3 Å². The first-order valence-electron chi connectivity index (χ1n) is 13.6. The SMILES string of the molecule is CCCCCCCCCCCCCCCC=C(C)C(CCCCC)N1CCC(=O)C1=O. The average Bonchev–Trinajstić information content (AvgIpc) is 3.09. The van der Waals surface area contributed by atoms with Gasteiger partial charge in [-0.05, 0) is 26.2 Å². The number of carbonyl (C=O) groups excluding carboxylic acids is 2. The Balaban J connectivity index is 2.15. The highest BCUT2D eigenvalue weighted by molar-refractivity contribution is 6.38. The molecule has 0 saturated carbocycles. The predicted molar refractivity (Wildman–Crippen MR) is 133 cm³/mol. The van der Waals surface area contributed by atoms with Crippen LogP contribution in [0.2, 0.25) is 0 Å². The van der Waals surface area contributed by atoms with Gasteiger partial charge >= 0.3 is 0 Å². The van der Waals surface area contributed by atoms with Crippen LogP contribution in [0.1, 0.15) is 143 Å². The molecule has 0 aliphatic carbocycles. The lowest BCUT2D eigenvalue weighted by molar-refractivity contribution is -0.140. The molecule has 3 nitrogen and oxygen atoms in total. The third kappa shape index (κ3) is 12.5. The Hall–Kier alpha value is -1.12. The van der Waals surface area contributed by atoms with Crippen LogP contribution in [0.5, 0.6) is 0 Å². The van der Waals surface area contributed by atoms with Gasteiger partial charge in [-0.2, -0.15) is 0 Å². The van der Waals surface area contributed by atoms with Gasteiger partial charge in [-0.3, -0.25) is 9.59 Å². The number of allylic oxidation sites excluding steroid dienone is 1. The number of carbonyl (C=O) groups is 2. The van der Waals surface area contributed by atoms with E-state index >= 15 is 0 Å². The summed E-state index contributed by atoms with van der Waals surface area (Å²) in [4.78, 5) is 25.8. The van der Waals surface area contributed by atoms with Gasteiger partial charge in [-0.15, -0.1) is 0 Å². The maximum Gasteiger partial charge on any atom is 0.290 e. The summed E-state index contributed by atoms with van der Waals surface area (Å²) in [7, 11) is 0. The van der Waals surface area contributed by atoms with Crippen molar-refractivity contribution in [2.24, 2.45) is 0 Å². The lowest BCUT2D eigenvalue weighted by Gasteiger charge is -2.28. The van der Waals surface area contributed by atoms with Gasteiger partial charge in [0.2, 0.25) is 5.78 Å². The van der Waals surface area contributed by atoms with E-state index in [2.05, 4.69) is 26.8 Å². The van der Waals surface area contributed by atoms with Crippen LogP contribution in [0.3, 0.4) is 0 Å². The number of nitrogens with zero attached hydrogens (tertiary/aromatic N) is 1. The van der Waals surface area contributed by atoms with Crippen LogP contribution in [0.15, 0.2) is 11.6 Å². The normalized spacial score (nSPS) is 15.8. The lowest BCUT2D eigenvalue weighted by atomic mass is 9.98. The van der Waals surface area contributed by atoms with E-state index < -0.39 is 0 Å². The third-order valence-electron chi connectivity index (χ3n) is 6.84. The van der Waals surface area contributed by atoms with Crippen LogP contribution in [0, 0.1) is 0 Å². The number of ketones is 1. The lowest BCUT2D eigenvalue weighted by Crippen LogP contribution is -2.38. The van der Waals surface area contributed by atoms with E-state index in [4.69, 9.17) is 0 Å². The molecule has 0 bridgehead atoms. The molecule has 0 radical (unpaired) electrons. The molecule has 1 aliphatic rings. The molecule has 1 saturated heterocycles. The first-order valence-corrected chi connectivity index (χ1v) is 13.6. The molecule has 0 aromatic rings. The monoisotopic (exact) mass is 433 g/mol. The fourth-order valence-corrected chi connectivity index (χ4v) is 4.73. The molecule has 1 fully saturated rings. The van der Waals surface area contributed by atoms with Crippen LogP contribution in [0.25, 0.3) is 0 Å². The minimum atomic E-state index is -0.254. The van der Waals surface area contributed by atoms with Crippen molar-refractivity contribution in [1.82, 2.24) is 4.90 Å². The van der Waals surface area contributed by atoms with E-state index in [9.17, 15) is 9.59 Å². The number of unbranched alkanes of at least 4 members (excludes halogenated alkanes) is 15. The Bertz CT molecular complexity index is 511. The van der Waals surface area contributed by atoms with Gasteiger partial charge in [0.15, 0.2) is 0 Å². The Kier molecular flexibility index (Phi) is 16.6. The molecular formula is C28H51NO2. The van der Waals surface area contributed by atoms with Gasteiger partial charge < -0.3 is 4.90 Å². The smallest absolute Gasteiger partial charge is 0.290 e. The highest BCUT2D eigenvalue weighted by Gasteiger charge is 2.34. The van der Waals surface area contributed by atoms with Gasteiger partial charge in [0.25, 0.3) is 5.91 Å². The number of hydrogen-bond acceptors (Lipinski definition) is 2. The van der Waals surface area contributed by atoms with Gasteiger partial charge in [-0.25, -0.2) is 0 Å². The third-order valence-corrected chi connectivity index (χ3v) is 6.84. The van der Waals surface area contributed by atoms with Crippen molar-refractivity contribution in [2.45, 2.75) is 149 Å². The zero-order valence-corrected chi connectivity index (χ0v) is 21.1. The summed E-state index contributed by atoms with van der Waals surface area (Å²) in [6, 6.07) is 0.132. The van der Waals surface area contributed by atoms with Crippen LogP contribution in [-0.2, 0) is 9.59 Å². The molecule has 0 spiro atoms. The van der Waals surface area contributed by atoms with Crippen molar-refractivity contribution in [3.63, 3.8) is 0 Å². The minimum Gasteiger partial charge on any atom is -0.329 e. The van der Waals surface area contributed by atoms with E-state index in [1.54, 1.807) is 0 Å². The van der Waals surface area contributed by atoms with Crippen molar-refractivity contribution in [2.75, 3.05) is 6.54 Å².